The normalized spacial score (nSPS) is 12.4. The molecule has 0 bridgehead atoms. The summed E-state index contributed by atoms with van der Waals surface area (Å²) in [4.78, 5) is 47.4. The second-order valence-corrected chi connectivity index (χ2v) is 6.65. The van der Waals surface area contributed by atoms with Crippen LogP contribution in [0.3, 0.4) is 0 Å². The van der Waals surface area contributed by atoms with Crippen molar-refractivity contribution in [2.75, 3.05) is 14.2 Å². The molecule has 0 radical (unpaired) electrons. The molecule has 1 amide bonds. The molecule has 158 valence electrons. The Morgan fingerprint density at radius 1 is 1.03 bits per heavy atom. The fourth-order valence-electron chi connectivity index (χ4n) is 2.81. The molecule has 10 heteroatoms. The van der Waals surface area contributed by atoms with Crippen molar-refractivity contribution in [3.63, 3.8) is 0 Å². The van der Waals surface area contributed by atoms with Crippen molar-refractivity contribution in [1.29, 1.82) is 0 Å². The number of methoxy groups -OCH3 is 2. The van der Waals surface area contributed by atoms with Crippen molar-refractivity contribution in [1.82, 2.24) is 5.32 Å². The van der Waals surface area contributed by atoms with E-state index in [1.165, 1.54) is 55.6 Å². The summed E-state index contributed by atoms with van der Waals surface area (Å²) in [5, 5.41) is 13.9. The maximum Gasteiger partial charge on any atom is 0.329 e. The van der Waals surface area contributed by atoms with E-state index in [1.54, 1.807) is 0 Å². The van der Waals surface area contributed by atoms with Gasteiger partial charge in [0.05, 0.1) is 25.6 Å². The van der Waals surface area contributed by atoms with Crippen LogP contribution in [0.4, 0.5) is 5.69 Å². The van der Waals surface area contributed by atoms with Gasteiger partial charge in [0.15, 0.2) is 0 Å². The number of rotatable bonds is 8. The third-order valence-electron chi connectivity index (χ3n) is 4.40. The first kappa shape index (κ1) is 22.8. The fourth-order valence-corrected chi connectivity index (χ4v) is 2.94. The minimum atomic E-state index is -1.25. The summed E-state index contributed by atoms with van der Waals surface area (Å²) in [6.45, 7) is 0. The quantitative estimate of drug-likeness (QED) is 0.384. The van der Waals surface area contributed by atoms with Crippen LogP contribution in [0.25, 0.3) is 0 Å². The number of carbonyl (C=O) groups excluding carboxylic acids is 3. The Hall–Kier alpha value is -3.46. The van der Waals surface area contributed by atoms with Crippen molar-refractivity contribution in [2.45, 2.75) is 18.4 Å². The Labute approximate surface area is 177 Å². The highest BCUT2D eigenvalue weighted by molar-refractivity contribution is 6.30. The van der Waals surface area contributed by atoms with Crippen molar-refractivity contribution in [2.24, 2.45) is 0 Å². The molecule has 0 saturated carbocycles. The Kier molecular flexibility index (Phi) is 7.88. The van der Waals surface area contributed by atoms with E-state index < -0.39 is 34.7 Å². The Morgan fingerprint density at radius 2 is 1.63 bits per heavy atom. The van der Waals surface area contributed by atoms with Gasteiger partial charge in [-0.2, -0.15) is 0 Å². The second kappa shape index (κ2) is 10.4. The predicted molar refractivity (Wildman–Crippen MR) is 107 cm³/mol. The number of halogens is 1. The average molecular weight is 435 g/mol. The van der Waals surface area contributed by atoms with Crippen LogP contribution < -0.4 is 5.32 Å². The molecule has 0 heterocycles. The van der Waals surface area contributed by atoms with Gasteiger partial charge < -0.3 is 14.8 Å². The molecular weight excluding hydrogens is 416 g/mol. The highest BCUT2D eigenvalue weighted by atomic mass is 35.5. The van der Waals surface area contributed by atoms with Crippen LogP contribution in [-0.4, -0.2) is 43.0 Å². The zero-order chi connectivity index (χ0) is 22.3. The summed E-state index contributed by atoms with van der Waals surface area (Å²) in [7, 11) is 2.34. The van der Waals surface area contributed by atoms with E-state index in [9.17, 15) is 24.5 Å². The number of nitro groups is 1. The average Bonchev–Trinajstić information content (AvgIpc) is 2.75. The Bertz CT molecular complexity index is 929. The van der Waals surface area contributed by atoms with Crippen LogP contribution in [0.15, 0.2) is 48.5 Å². The van der Waals surface area contributed by atoms with Crippen molar-refractivity contribution < 1.29 is 28.8 Å². The molecule has 0 unspecified atom stereocenters. The third kappa shape index (κ3) is 5.77. The van der Waals surface area contributed by atoms with E-state index in [4.69, 9.17) is 21.1 Å². The lowest BCUT2D eigenvalue weighted by Crippen LogP contribution is -2.46. The van der Waals surface area contributed by atoms with Crippen molar-refractivity contribution in [3.8, 4) is 0 Å². The molecule has 2 rings (SSSR count). The number of nitro benzene ring substituents is 1. The predicted octanol–water partition coefficient (Wildman–Crippen LogP) is 2.87. The van der Waals surface area contributed by atoms with Crippen LogP contribution in [0.5, 0.6) is 0 Å². The molecular formula is C20H19ClN2O7. The minimum Gasteiger partial charge on any atom is -0.469 e. The molecule has 1 N–H and O–H groups in total. The van der Waals surface area contributed by atoms with E-state index in [0.29, 0.717) is 10.6 Å². The van der Waals surface area contributed by atoms with Crippen LogP contribution in [0, 0.1) is 10.1 Å². The summed E-state index contributed by atoms with van der Waals surface area (Å²) < 4.78 is 9.52. The molecule has 2 atom stereocenters. The van der Waals surface area contributed by atoms with Crippen molar-refractivity contribution in [3.05, 3.63) is 74.8 Å². The van der Waals surface area contributed by atoms with Gasteiger partial charge in [0.25, 0.3) is 11.6 Å². The number of esters is 2. The van der Waals surface area contributed by atoms with Gasteiger partial charge in [-0.3, -0.25) is 19.7 Å². The third-order valence-corrected chi connectivity index (χ3v) is 4.65. The smallest absolute Gasteiger partial charge is 0.329 e. The highest BCUT2D eigenvalue weighted by Gasteiger charge is 2.34. The first-order chi connectivity index (χ1) is 14.3. The maximum atomic E-state index is 12.7. The van der Waals surface area contributed by atoms with Crippen LogP contribution in [0.2, 0.25) is 5.02 Å². The van der Waals surface area contributed by atoms with Crippen LogP contribution >= 0.6 is 11.6 Å². The standard InChI is InChI=1S/C20H19ClN2O7/c1-29-17(24)11-16(12-5-9-15(10-6-12)23(27)28)18(20(26)30-2)22-19(25)13-3-7-14(21)8-4-13/h3-10,16,18H,11H2,1-2H3,(H,22,25)/t16-,18+/m0/s1. The molecule has 30 heavy (non-hydrogen) atoms. The van der Waals surface area contributed by atoms with E-state index in [-0.39, 0.29) is 17.7 Å². The summed E-state index contributed by atoms with van der Waals surface area (Å²) in [6.07, 6.45) is -0.269. The lowest BCUT2D eigenvalue weighted by Gasteiger charge is -2.26. The van der Waals surface area contributed by atoms with Crippen LogP contribution in [0.1, 0.15) is 28.3 Å². The maximum absolute atomic E-state index is 12.7. The number of hydrogen-bond acceptors (Lipinski definition) is 7. The van der Waals surface area contributed by atoms with Gasteiger partial charge in [0.1, 0.15) is 6.04 Å². The summed E-state index contributed by atoms with van der Waals surface area (Å²) >= 11 is 5.83. The number of ether oxygens (including phenoxy) is 2. The monoisotopic (exact) mass is 434 g/mol. The van der Waals surface area contributed by atoms with E-state index >= 15 is 0 Å². The highest BCUT2D eigenvalue weighted by Crippen LogP contribution is 2.27. The fraction of sp³-hybridized carbons (Fsp3) is 0.250. The molecule has 0 fully saturated rings. The molecule has 0 aliphatic rings. The van der Waals surface area contributed by atoms with Gasteiger partial charge in [-0.15, -0.1) is 0 Å². The zero-order valence-electron chi connectivity index (χ0n) is 16.2. The molecule has 2 aromatic rings. The Morgan fingerprint density at radius 3 is 2.13 bits per heavy atom. The molecule has 9 nitrogen and oxygen atoms in total. The van der Waals surface area contributed by atoms with Gasteiger partial charge in [-0.1, -0.05) is 23.7 Å². The molecule has 2 aromatic carbocycles. The van der Waals surface area contributed by atoms with Gasteiger partial charge in [-0.05, 0) is 29.8 Å². The molecule has 0 aliphatic heterocycles. The molecule has 0 spiro atoms. The first-order valence-corrected chi connectivity index (χ1v) is 9.10. The molecule has 0 aromatic heterocycles. The number of nitrogens with one attached hydrogen (secondary N) is 1. The SMILES string of the molecule is COC(=O)C[C@@H](c1ccc([N+](=O)[O-])cc1)[C@@H](NC(=O)c1ccc(Cl)cc1)C(=O)OC. The number of non-ortho nitro benzene ring substituents is 1. The number of nitrogens with zero attached hydrogens (tertiary/aromatic N) is 1. The zero-order valence-corrected chi connectivity index (χ0v) is 16.9. The largest absolute Gasteiger partial charge is 0.469 e. The number of amides is 1. The van der Waals surface area contributed by atoms with Gasteiger partial charge in [-0.25, -0.2) is 4.79 Å². The minimum absolute atomic E-state index is 0.157. The summed E-state index contributed by atoms with van der Waals surface area (Å²) in [6, 6.07) is 10.1. The second-order valence-electron chi connectivity index (χ2n) is 6.22. The lowest BCUT2D eigenvalue weighted by atomic mass is 9.88. The van der Waals surface area contributed by atoms with Gasteiger partial charge >= 0.3 is 11.9 Å². The molecule has 0 aliphatic carbocycles. The first-order valence-electron chi connectivity index (χ1n) is 8.72. The number of hydrogen-bond donors (Lipinski definition) is 1. The van der Waals surface area contributed by atoms with E-state index in [0.717, 1.165) is 7.11 Å². The topological polar surface area (TPSA) is 125 Å². The van der Waals surface area contributed by atoms with Crippen molar-refractivity contribution >= 4 is 35.1 Å². The van der Waals surface area contributed by atoms with Gasteiger partial charge in [0.2, 0.25) is 0 Å². The number of benzene rings is 2. The van der Waals surface area contributed by atoms with E-state index in [1.807, 2.05) is 0 Å². The van der Waals surface area contributed by atoms with E-state index in [2.05, 4.69) is 5.32 Å². The lowest BCUT2D eigenvalue weighted by molar-refractivity contribution is -0.384. The van der Waals surface area contributed by atoms with Crippen LogP contribution in [-0.2, 0) is 19.1 Å². The van der Waals surface area contributed by atoms with Gasteiger partial charge in [0, 0.05) is 28.6 Å². The molecule has 0 saturated heterocycles. The summed E-state index contributed by atoms with van der Waals surface area (Å²) in [5.41, 5.74) is 0.502. The number of carbonyl (C=O) groups is 3. The summed E-state index contributed by atoms with van der Waals surface area (Å²) in [5.74, 6) is -2.89. The Balaban J connectivity index is 2.40.